The SMILES string of the molecule is CCCCCCCCCCCCCCCC(O)CCCCC(CC)S(=O)(=O)O. The van der Waals surface area contributed by atoms with E-state index >= 15 is 0 Å². The summed E-state index contributed by atoms with van der Waals surface area (Å²) in [6.07, 6.45) is 21.2. The predicted octanol–water partition coefficient (Wildman–Crippen LogP) is 7.06. The lowest BCUT2D eigenvalue weighted by atomic mass is 10.0. The zero-order chi connectivity index (χ0) is 21.1. The van der Waals surface area contributed by atoms with Crippen LogP contribution >= 0.6 is 0 Å². The van der Waals surface area contributed by atoms with Crippen LogP contribution in [0.3, 0.4) is 0 Å². The highest BCUT2D eigenvalue weighted by molar-refractivity contribution is 7.86. The Morgan fingerprint density at radius 1 is 0.607 bits per heavy atom. The molecule has 0 radical (unpaired) electrons. The van der Waals surface area contributed by atoms with Crippen LogP contribution in [-0.4, -0.2) is 29.4 Å². The summed E-state index contributed by atoms with van der Waals surface area (Å²) in [4.78, 5) is 0. The van der Waals surface area contributed by atoms with Crippen molar-refractivity contribution in [3.63, 3.8) is 0 Å². The molecular formula is C23H48O4S. The molecule has 0 amide bonds. The first kappa shape index (κ1) is 27.9. The van der Waals surface area contributed by atoms with E-state index in [4.69, 9.17) is 4.55 Å². The van der Waals surface area contributed by atoms with Gasteiger partial charge in [-0.1, -0.05) is 110 Å². The van der Waals surface area contributed by atoms with Gasteiger partial charge in [0.25, 0.3) is 10.1 Å². The van der Waals surface area contributed by atoms with E-state index in [1.54, 1.807) is 6.92 Å². The molecule has 0 saturated carbocycles. The second kappa shape index (κ2) is 18.9. The van der Waals surface area contributed by atoms with Crippen LogP contribution in [0.5, 0.6) is 0 Å². The van der Waals surface area contributed by atoms with Crippen LogP contribution in [0.15, 0.2) is 0 Å². The molecule has 2 atom stereocenters. The third kappa shape index (κ3) is 17.9. The number of hydrogen-bond acceptors (Lipinski definition) is 3. The normalized spacial score (nSPS) is 14.3. The Bertz CT molecular complexity index is 422. The monoisotopic (exact) mass is 420 g/mol. The van der Waals surface area contributed by atoms with Gasteiger partial charge in [0.1, 0.15) is 0 Å². The standard InChI is InChI=1S/C23H48O4S/c1-3-5-6-7-8-9-10-11-12-13-14-15-16-19-22(24)20-17-18-21-23(4-2)28(25,26)27/h22-24H,3-21H2,1-2H3,(H,25,26,27). The van der Waals surface area contributed by atoms with Gasteiger partial charge in [0.15, 0.2) is 0 Å². The molecule has 170 valence electrons. The van der Waals surface area contributed by atoms with E-state index in [2.05, 4.69) is 6.92 Å². The third-order valence-corrected chi connectivity index (χ3v) is 7.24. The summed E-state index contributed by atoms with van der Waals surface area (Å²) >= 11 is 0. The molecule has 28 heavy (non-hydrogen) atoms. The second-order valence-electron chi connectivity index (χ2n) is 8.51. The van der Waals surface area contributed by atoms with Gasteiger partial charge < -0.3 is 5.11 Å². The molecule has 4 nitrogen and oxygen atoms in total. The van der Waals surface area contributed by atoms with Crippen molar-refractivity contribution in [1.82, 2.24) is 0 Å². The molecular weight excluding hydrogens is 372 g/mol. The van der Waals surface area contributed by atoms with E-state index in [0.29, 0.717) is 12.8 Å². The predicted molar refractivity (Wildman–Crippen MR) is 120 cm³/mol. The number of aliphatic hydroxyl groups excluding tert-OH is 1. The molecule has 0 rings (SSSR count). The van der Waals surface area contributed by atoms with Gasteiger partial charge in [-0.05, 0) is 25.7 Å². The summed E-state index contributed by atoms with van der Waals surface area (Å²) in [5, 5.41) is 9.39. The van der Waals surface area contributed by atoms with Gasteiger partial charge in [0, 0.05) is 0 Å². The van der Waals surface area contributed by atoms with E-state index in [1.807, 2.05) is 0 Å². The van der Waals surface area contributed by atoms with Gasteiger partial charge in [-0.15, -0.1) is 0 Å². The summed E-state index contributed by atoms with van der Waals surface area (Å²) in [7, 11) is -3.91. The van der Waals surface area contributed by atoms with E-state index in [0.717, 1.165) is 32.1 Å². The molecule has 0 aliphatic carbocycles. The Kier molecular flexibility index (Phi) is 18.8. The van der Waals surface area contributed by atoms with Crippen LogP contribution in [0, 0.1) is 0 Å². The summed E-state index contributed by atoms with van der Waals surface area (Å²) in [5.41, 5.74) is 0. The Morgan fingerprint density at radius 3 is 1.36 bits per heavy atom. The first-order valence-electron chi connectivity index (χ1n) is 12.1. The summed E-state index contributed by atoms with van der Waals surface area (Å²) < 4.78 is 31.4. The molecule has 0 heterocycles. The topological polar surface area (TPSA) is 74.6 Å². The van der Waals surface area contributed by atoms with Gasteiger partial charge in [-0.3, -0.25) is 4.55 Å². The zero-order valence-corrected chi connectivity index (χ0v) is 19.5. The van der Waals surface area contributed by atoms with Crippen molar-refractivity contribution >= 4 is 10.1 Å². The van der Waals surface area contributed by atoms with Crippen LogP contribution in [0.1, 0.15) is 136 Å². The van der Waals surface area contributed by atoms with Gasteiger partial charge in [-0.25, -0.2) is 0 Å². The fourth-order valence-corrected chi connectivity index (χ4v) is 4.74. The van der Waals surface area contributed by atoms with Gasteiger partial charge >= 0.3 is 0 Å². The first-order chi connectivity index (χ1) is 13.4. The minimum absolute atomic E-state index is 0.265. The zero-order valence-electron chi connectivity index (χ0n) is 18.7. The van der Waals surface area contributed by atoms with E-state index in [-0.39, 0.29) is 6.10 Å². The smallest absolute Gasteiger partial charge is 0.267 e. The van der Waals surface area contributed by atoms with E-state index in [1.165, 1.54) is 77.0 Å². The molecule has 2 unspecified atom stereocenters. The maximum atomic E-state index is 11.1. The Labute approximate surface area is 175 Å². The molecule has 0 saturated heterocycles. The van der Waals surface area contributed by atoms with Crippen LogP contribution < -0.4 is 0 Å². The largest absolute Gasteiger partial charge is 0.393 e. The highest BCUT2D eigenvalue weighted by Crippen LogP contribution is 2.17. The summed E-state index contributed by atoms with van der Waals surface area (Å²) in [5.74, 6) is 0. The van der Waals surface area contributed by atoms with Crippen LogP contribution in [0.4, 0.5) is 0 Å². The second-order valence-corrected chi connectivity index (χ2v) is 10.2. The Hall–Kier alpha value is -0.130. The lowest BCUT2D eigenvalue weighted by molar-refractivity contribution is 0.147. The van der Waals surface area contributed by atoms with Crippen LogP contribution in [0.25, 0.3) is 0 Å². The number of hydrogen-bond donors (Lipinski definition) is 2. The van der Waals surface area contributed by atoms with Crippen LogP contribution in [-0.2, 0) is 10.1 Å². The minimum atomic E-state index is -3.91. The van der Waals surface area contributed by atoms with Gasteiger partial charge in [0.2, 0.25) is 0 Å². The average molecular weight is 421 g/mol. The lowest BCUT2D eigenvalue weighted by Gasteiger charge is -2.13. The molecule has 0 aliphatic heterocycles. The maximum Gasteiger partial charge on any atom is 0.267 e. The van der Waals surface area contributed by atoms with Crippen molar-refractivity contribution < 1.29 is 18.1 Å². The third-order valence-electron chi connectivity index (χ3n) is 5.83. The molecule has 0 aromatic carbocycles. The summed E-state index contributed by atoms with van der Waals surface area (Å²) in [6, 6.07) is 0. The molecule has 2 N–H and O–H groups in total. The van der Waals surface area contributed by atoms with Crippen molar-refractivity contribution in [2.45, 2.75) is 147 Å². The lowest BCUT2D eigenvalue weighted by Crippen LogP contribution is -2.19. The Balaban J connectivity index is 3.36. The van der Waals surface area contributed by atoms with Gasteiger partial charge in [-0.2, -0.15) is 8.42 Å². The van der Waals surface area contributed by atoms with Crippen molar-refractivity contribution in [3.05, 3.63) is 0 Å². The fraction of sp³-hybridized carbons (Fsp3) is 1.00. The fourth-order valence-electron chi connectivity index (χ4n) is 3.86. The highest BCUT2D eigenvalue weighted by Gasteiger charge is 2.20. The van der Waals surface area contributed by atoms with Crippen molar-refractivity contribution in [2.24, 2.45) is 0 Å². The van der Waals surface area contributed by atoms with E-state index in [9.17, 15) is 13.5 Å². The molecule has 0 fully saturated rings. The number of rotatable bonds is 21. The quantitative estimate of drug-likeness (QED) is 0.154. The van der Waals surface area contributed by atoms with E-state index < -0.39 is 15.4 Å². The van der Waals surface area contributed by atoms with Gasteiger partial charge in [0.05, 0.1) is 11.4 Å². The molecule has 0 bridgehead atoms. The maximum absolute atomic E-state index is 11.1. The average Bonchev–Trinajstić information content (AvgIpc) is 2.64. The molecule has 0 aliphatic rings. The van der Waals surface area contributed by atoms with Crippen molar-refractivity contribution in [2.75, 3.05) is 0 Å². The highest BCUT2D eigenvalue weighted by atomic mass is 32.2. The van der Waals surface area contributed by atoms with Crippen LogP contribution in [0.2, 0.25) is 0 Å². The molecule has 0 aromatic rings. The minimum Gasteiger partial charge on any atom is -0.393 e. The van der Waals surface area contributed by atoms with Crippen molar-refractivity contribution in [3.8, 4) is 0 Å². The summed E-state index contributed by atoms with van der Waals surface area (Å²) in [6.45, 7) is 4.04. The number of unbranched alkanes of at least 4 members (excludes halogenated alkanes) is 13. The van der Waals surface area contributed by atoms with Crippen molar-refractivity contribution in [1.29, 1.82) is 0 Å². The first-order valence-corrected chi connectivity index (χ1v) is 13.6. The number of aliphatic hydroxyl groups is 1. The molecule has 5 heteroatoms. The Morgan fingerprint density at radius 2 is 0.964 bits per heavy atom. The molecule has 0 aromatic heterocycles. The molecule has 0 spiro atoms.